The molecule has 26 heavy (non-hydrogen) atoms. The number of hydrogen-bond donors (Lipinski definition) is 1. The van der Waals surface area contributed by atoms with Crippen LogP contribution in [0.15, 0.2) is 12.2 Å². The van der Waals surface area contributed by atoms with E-state index in [9.17, 15) is 19.5 Å². The lowest BCUT2D eigenvalue weighted by atomic mass is 9.37. The van der Waals surface area contributed by atoms with Gasteiger partial charge in [0, 0.05) is 11.8 Å². The Morgan fingerprint density at radius 1 is 1.27 bits per heavy atom. The van der Waals surface area contributed by atoms with Crippen LogP contribution in [-0.2, 0) is 23.9 Å². The van der Waals surface area contributed by atoms with Gasteiger partial charge in [-0.05, 0) is 43.6 Å². The Bertz CT molecular complexity index is 783. The fourth-order valence-corrected chi connectivity index (χ4v) is 7.02. The molecule has 3 aliphatic heterocycles. The number of ether oxygens (including phenoxy) is 2. The number of ketones is 2. The predicted octanol–water partition coefficient (Wildman–Crippen LogP) is 1.40. The Balaban J connectivity index is 1.77. The molecule has 4 bridgehead atoms. The summed E-state index contributed by atoms with van der Waals surface area (Å²) in [6.45, 7) is 5.65. The van der Waals surface area contributed by atoms with Crippen LogP contribution in [0.3, 0.4) is 0 Å². The molecule has 6 heteroatoms. The Morgan fingerprint density at radius 3 is 2.69 bits per heavy atom. The average molecular weight is 360 g/mol. The van der Waals surface area contributed by atoms with E-state index >= 15 is 0 Å². The standard InChI is InChI=1S/C20H24O6/c1-10(21)11-4-5-12-18-9-25-20(24)15(26-16(23)19(12,20)8-11)14(18)17(2,3)7-6-13(18)22/h6-7,11-12,14-15,24H,4-5,8-9H2,1-3H3/t11-,12+,14-,15+,18+,19+,20-/m1/s1. The van der Waals surface area contributed by atoms with Gasteiger partial charge < -0.3 is 14.6 Å². The van der Waals surface area contributed by atoms with Crippen LogP contribution >= 0.6 is 0 Å². The van der Waals surface area contributed by atoms with E-state index in [1.165, 1.54) is 6.92 Å². The highest BCUT2D eigenvalue weighted by Gasteiger charge is 2.87. The third kappa shape index (κ3) is 1.45. The van der Waals surface area contributed by atoms with Gasteiger partial charge in [0.2, 0.25) is 5.79 Å². The molecular formula is C20H24O6. The van der Waals surface area contributed by atoms with E-state index in [1.54, 1.807) is 6.08 Å². The topological polar surface area (TPSA) is 89.9 Å². The molecule has 0 aromatic rings. The minimum absolute atomic E-state index is 0.00312. The van der Waals surface area contributed by atoms with Crippen LogP contribution < -0.4 is 0 Å². The number of hydrogen-bond acceptors (Lipinski definition) is 6. The van der Waals surface area contributed by atoms with Crippen molar-refractivity contribution in [3.63, 3.8) is 0 Å². The van der Waals surface area contributed by atoms with Crippen molar-refractivity contribution in [2.75, 3.05) is 6.61 Å². The van der Waals surface area contributed by atoms with Crippen molar-refractivity contribution in [3.8, 4) is 0 Å². The number of rotatable bonds is 1. The maximum absolute atomic E-state index is 13.2. The molecule has 0 amide bonds. The molecule has 6 rings (SSSR count). The molecule has 6 nitrogen and oxygen atoms in total. The summed E-state index contributed by atoms with van der Waals surface area (Å²) in [4.78, 5) is 38.4. The zero-order valence-corrected chi connectivity index (χ0v) is 15.3. The molecule has 2 saturated carbocycles. The van der Waals surface area contributed by atoms with Gasteiger partial charge in [0.25, 0.3) is 0 Å². The minimum atomic E-state index is -1.77. The van der Waals surface area contributed by atoms with Crippen LogP contribution in [-0.4, -0.2) is 41.1 Å². The number of carbonyl (C=O) groups is 3. The molecule has 2 spiro atoms. The van der Waals surface area contributed by atoms with E-state index in [-0.39, 0.29) is 42.3 Å². The molecule has 0 aromatic heterocycles. The molecule has 7 atom stereocenters. The highest BCUT2D eigenvalue weighted by molar-refractivity contribution is 5.99. The second-order valence-electron chi connectivity index (χ2n) is 9.46. The van der Waals surface area contributed by atoms with Crippen LogP contribution in [0.5, 0.6) is 0 Å². The first kappa shape index (κ1) is 16.6. The van der Waals surface area contributed by atoms with Crippen molar-refractivity contribution in [2.45, 2.75) is 51.9 Å². The van der Waals surface area contributed by atoms with Gasteiger partial charge >= 0.3 is 5.97 Å². The smallest absolute Gasteiger partial charge is 0.318 e. The van der Waals surface area contributed by atoms with E-state index in [0.29, 0.717) is 12.8 Å². The number of fused-ring (bicyclic) bond motifs is 1. The lowest BCUT2D eigenvalue weighted by molar-refractivity contribution is -0.396. The third-order valence-corrected chi connectivity index (χ3v) is 8.10. The van der Waals surface area contributed by atoms with E-state index in [0.717, 1.165) is 0 Å². The van der Waals surface area contributed by atoms with Gasteiger partial charge in [0.05, 0.1) is 12.0 Å². The third-order valence-electron chi connectivity index (χ3n) is 8.10. The van der Waals surface area contributed by atoms with Crippen molar-refractivity contribution in [3.05, 3.63) is 12.2 Å². The van der Waals surface area contributed by atoms with Crippen molar-refractivity contribution in [1.82, 2.24) is 0 Å². The molecular weight excluding hydrogens is 336 g/mol. The monoisotopic (exact) mass is 360 g/mol. The zero-order chi connectivity index (χ0) is 18.7. The molecule has 140 valence electrons. The number of carbonyl (C=O) groups excluding carboxylic acids is 3. The van der Waals surface area contributed by atoms with Crippen molar-refractivity contribution < 1.29 is 29.0 Å². The Hall–Kier alpha value is -1.53. The maximum atomic E-state index is 13.2. The van der Waals surface area contributed by atoms with Gasteiger partial charge in [-0.2, -0.15) is 0 Å². The first-order valence-corrected chi connectivity index (χ1v) is 9.43. The predicted molar refractivity (Wildman–Crippen MR) is 88.6 cm³/mol. The minimum Gasteiger partial charge on any atom is -0.456 e. The summed E-state index contributed by atoms with van der Waals surface area (Å²) in [6.07, 6.45) is 3.97. The first-order valence-electron chi connectivity index (χ1n) is 9.43. The second kappa shape index (κ2) is 4.47. The fourth-order valence-electron chi connectivity index (χ4n) is 7.02. The van der Waals surface area contributed by atoms with Crippen LogP contribution in [0.2, 0.25) is 0 Å². The van der Waals surface area contributed by atoms with Crippen LogP contribution in [0.25, 0.3) is 0 Å². The lowest BCUT2D eigenvalue weighted by Gasteiger charge is -2.68. The lowest BCUT2D eigenvalue weighted by Crippen LogP contribution is -2.80. The van der Waals surface area contributed by atoms with Gasteiger partial charge in [-0.3, -0.25) is 14.4 Å². The summed E-state index contributed by atoms with van der Waals surface area (Å²) in [5.74, 6) is -3.31. The number of esters is 1. The van der Waals surface area contributed by atoms with Crippen molar-refractivity contribution in [2.24, 2.45) is 34.0 Å². The van der Waals surface area contributed by atoms with Crippen molar-refractivity contribution in [1.29, 1.82) is 0 Å². The summed E-state index contributed by atoms with van der Waals surface area (Å²) in [6, 6.07) is 0. The Labute approximate surface area is 151 Å². The number of Topliss-reactive ketones (excluding diaryl/α,β-unsaturated/α-hetero) is 1. The van der Waals surface area contributed by atoms with Crippen LogP contribution in [0.4, 0.5) is 0 Å². The summed E-state index contributed by atoms with van der Waals surface area (Å²) in [7, 11) is 0. The summed E-state index contributed by atoms with van der Waals surface area (Å²) < 4.78 is 11.6. The molecule has 6 aliphatic rings. The first-order chi connectivity index (χ1) is 12.1. The summed E-state index contributed by atoms with van der Waals surface area (Å²) in [5.41, 5.74) is -2.61. The molecule has 0 unspecified atom stereocenters. The molecule has 0 aromatic carbocycles. The summed E-state index contributed by atoms with van der Waals surface area (Å²) >= 11 is 0. The second-order valence-corrected chi connectivity index (χ2v) is 9.46. The van der Waals surface area contributed by atoms with Crippen LogP contribution in [0, 0.1) is 34.0 Å². The highest BCUT2D eigenvalue weighted by atomic mass is 16.7. The molecule has 3 heterocycles. The van der Waals surface area contributed by atoms with Gasteiger partial charge in [-0.25, -0.2) is 0 Å². The van der Waals surface area contributed by atoms with E-state index < -0.39 is 34.1 Å². The van der Waals surface area contributed by atoms with E-state index in [4.69, 9.17) is 9.47 Å². The molecule has 3 aliphatic carbocycles. The quantitative estimate of drug-likeness (QED) is 0.711. The normalized spacial score (nSPS) is 53.1. The molecule has 0 radical (unpaired) electrons. The van der Waals surface area contributed by atoms with Gasteiger partial charge in [-0.1, -0.05) is 19.9 Å². The summed E-state index contributed by atoms with van der Waals surface area (Å²) in [5, 5.41) is 11.6. The van der Waals surface area contributed by atoms with E-state index in [2.05, 4.69) is 0 Å². The Kier molecular flexibility index (Phi) is 2.86. The largest absolute Gasteiger partial charge is 0.456 e. The van der Waals surface area contributed by atoms with Crippen molar-refractivity contribution >= 4 is 17.5 Å². The highest BCUT2D eigenvalue weighted by Crippen LogP contribution is 2.75. The Morgan fingerprint density at radius 2 is 2.00 bits per heavy atom. The molecule has 3 saturated heterocycles. The SMILES string of the molecule is CC(=O)[C@@H]1CC[C@H]2[C@]34CO[C@]5(O)[C@@H](OC(=O)[C@]25C1)[C@@H]3C(C)(C)C=CC4=O. The number of allylic oxidation sites excluding steroid dienone is 2. The van der Waals surface area contributed by atoms with E-state index in [1.807, 2.05) is 19.9 Å². The van der Waals surface area contributed by atoms with Gasteiger partial charge in [-0.15, -0.1) is 0 Å². The molecule has 1 N–H and O–H groups in total. The average Bonchev–Trinajstić information content (AvgIpc) is 2.74. The zero-order valence-electron chi connectivity index (χ0n) is 15.3. The van der Waals surface area contributed by atoms with Gasteiger partial charge in [0.15, 0.2) is 11.9 Å². The van der Waals surface area contributed by atoms with Crippen LogP contribution in [0.1, 0.15) is 40.0 Å². The fraction of sp³-hybridized carbons (Fsp3) is 0.750. The van der Waals surface area contributed by atoms with Gasteiger partial charge in [0.1, 0.15) is 11.2 Å². The molecule has 5 fully saturated rings. The number of aliphatic hydroxyl groups is 1. The maximum Gasteiger partial charge on any atom is 0.318 e.